The zero-order chi connectivity index (χ0) is 23.2. The van der Waals surface area contributed by atoms with Crippen LogP contribution in [0.15, 0.2) is 30.3 Å². The van der Waals surface area contributed by atoms with E-state index in [1.807, 2.05) is 0 Å². The zero-order valence-corrected chi connectivity index (χ0v) is 21.9. The second kappa shape index (κ2) is 8.43. The van der Waals surface area contributed by atoms with Crippen molar-refractivity contribution in [2.24, 2.45) is 0 Å². The number of benzene rings is 2. The zero-order valence-electron chi connectivity index (χ0n) is 20.7. The van der Waals surface area contributed by atoms with Crippen molar-refractivity contribution in [3.63, 3.8) is 0 Å². The summed E-state index contributed by atoms with van der Waals surface area (Å²) in [6.07, 6.45) is 4.27. The van der Waals surface area contributed by atoms with Crippen molar-refractivity contribution in [3.05, 3.63) is 58.1 Å². The van der Waals surface area contributed by atoms with Crippen LogP contribution in [-0.4, -0.2) is 11.2 Å². The monoisotopic (exact) mass is 440 g/mol. The second-order valence-electron chi connectivity index (χ2n) is 11.6. The number of aromatic hydroxyl groups is 1. The molecule has 2 nitrogen and oxygen atoms in total. The fourth-order valence-corrected chi connectivity index (χ4v) is 5.42. The van der Waals surface area contributed by atoms with Crippen LogP contribution in [0.3, 0.4) is 0 Å². The first-order chi connectivity index (χ1) is 14.2. The van der Waals surface area contributed by atoms with E-state index < -0.39 is 0 Å². The van der Waals surface area contributed by atoms with Crippen LogP contribution in [0.2, 0.25) is 0 Å². The third-order valence-electron chi connectivity index (χ3n) is 6.64. The Morgan fingerprint density at radius 2 is 1.55 bits per heavy atom. The summed E-state index contributed by atoms with van der Waals surface area (Å²) in [6.45, 7) is 17.5. The Labute approximate surface area is 192 Å². The third-order valence-corrected chi connectivity index (χ3v) is 7.61. The Morgan fingerprint density at radius 1 is 0.903 bits per heavy atom. The number of ether oxygens (including phenoxy) is 1. The highest BCUT2D eigenvalue weighted by Crippen LogP contribution is 2.51. The highest BCUT2D eigenvalue weighted by Gasteiger charge is 2.43. The Bertz CT molecular complexity index is 949. The normalized spacial score (nSPS) is 22.4. The molecule has 0 amide bonds. The van der Waals surface area contributed by atoms with Gasteiger partial charge in [-0.2, -0.15) is 0 Å². The minimum atomic E-state index is -0.306. The molecule has 0 heterocycles. The molecule has 0 radical (unpaired) electrons. The highest BCUT2D eigenvalue weighted by atomic mass is 31.0. The first-order valence-electron chi connectivity index (χ1n) is 11.6. The van der Waals surface area contributed by atoms with Crippen LogP contribution in [0.5, 0.6) is 11.5 Å². The average molecular weight is 441 g/mol. The summed E-state index contributed by atoms with van der Waals surface area (Å²) in [5.41, 5.74) is 5.69. The predicted octanol–water partition coefficient (Wildman–Crippen LogP) is 7.70. The lowest BCUT2D eigenvalue weighted by Gasteiger charge is -2.42. The Balaban J connectivity index is 2.06. The minimum absolute atomic E-state index is 0.00128. The van der Waals surface area contributed by atoms with Crippen molar-refractivity contribution in [2.75, 3.05) is 0 Å². The molecule has 3 atom stereocenters. The van der Waals surface area contributed by atoms with Crippen molar-refractivity contribution in [3.8, 4) is 11.5 Å². The van der Waals surface area contributed by atoms with Gasteiger partial charge in [-0.15, -0.1) is 9.24 Å². The fraction of sp³-hybridized carbons (Fsp3) is 0.571. The molecule has 3 unspecified atom stereocenters. The standard InChI is InChI=1S/C28H41O2P/c1-18-13-20(26(3,4)5)17-21(14-18)30-24-11-9-10-12-28(24,31)23-16-19(2)15-22(25(23)29)27(6,7)8/h13-17,24,29H,9-12,31H2,1-8H3. The van der Waals surface area contributed by atoms with E-state index in [-0.39, 0.29) is 22.1 Å². The molecule has 2 aromatic carbocycles. The summed E-state index contributed by atoms with van der Waals surface area (Å²) < 4.78 is 6.73. The van der Waals surface area contributed by atoms with Crippen molar-refractivity contribution >= 4 is 9.24 Å². The lowest BCUT2D eigenvalue weighted by Crippen LogP contribution is -2.41. The minimum Gasteiger partial charge on any atom is -0.507 e. The van der Waals surface area contributed by atoms with Gasteiger partial charge >= 0.3 is 0 Å². The number of hydrogen-bond donors (Lipinski definition) is 1. The molecule has 3 rings (SSSR count). The van der Waals surface area contributed by atoms with Crippen LogP contribution in [0.25, 0.3) is 0 Å². The smallest absolute Gasteiger partial charge is 0.123 e. The number of hydrogen-bond acceptors (Lipinski definition) is 2. The summed E-state index contributed by atoms with van der Waals surface area (Å²) in [7, 11) is 3.10. The van der Waals surface area contributed by atoms with E-state index in [0.717, 1.165) is 42.6 Å². The maximum Gasteiger partial charge on any atom is 0.123 e. The van der Waals surface area contributed by atoms with E-state index in [1.54, 1.807) is 0 Å². The first kappa shape index (κ1) is 24.1. The molecule has 170 valence electrons. The SMILES string of the molecule is Cc1cc(OC2CCCCC2(P)c2cc(C)cc(C(C)(C)C)c2O)cc(C(C)(C)C)c1. The maximum atomic E-state index is 11.4. The van der Waals surface area contributed by atoms with Crippen LogP contribution >= 0.6 is 9.24 Å². The van der Waals surface area contributed by atoms with Gasteiger partial charge in [0.1, 0.15) is 17.6 Å². The van der Waals surface area contributed by atoms with Crippen molar-refractivity contribution in [2.45, 2.75) is 103 Å². The Morgan fingerprint density at radius 3 is 2.16 bits per heavy atom. The number of phenolic OH excluding ortho intramolecular Hbond substituents is 1. The molecular weight excluding hydrogens is 399 g/mol. The lowest BCUT2D eigenvalue weighted by atomic mass is 9.76. The summed E-state index contributed by atoms with van der Waals surface area (Å²) >= 11 is 0. The molecule has 2 aromatic rings. The van der Waals surface area contributed by atoms with Gasteiger partial charge in [0.25, 0.3) is 0 Å². The van der Waals surface area contributed by atoms with E-state index in [0.29, 0.717) is 5.75 Å². The van der Waals surface area contributed by atoms with Crippen molar-refractivity contribution in [1.29, 1.82) is 0 Å². The molecule has 0 bridgehead atoms. The van der Waals surface area contributed by atoms with Crippen LogP contribution in [0, 0.1) is 13.8 Å². The van der Waals surface area contributed by atoms with E-state index in [9.17, 15) is 5.11 Å². The van der Waals surface area contributed by atoms with Gasteiger partial charge in [0.2, 0.25) is 0 Å². The molecule has 3 heteroatoms. The van der Waals surface area contributed by atoms with Crippen molar-refractivity contribution in [1.82, 2.24) is 0 Å². The summed E-state index contributed by atoms with van der Waals surface area (Å²) in [6, 6.07) is 10.9. The molecule has 1 aliphatic carbocycles. The quantitative estimate of drug-likeness (QED) is 0.496. The first-order valence-corrected chi connectivity index (χ1v) is 12.2. The Kier molecular flexibility index (Phi) is 6.56. The maximum absolute atomic E-state index is 11.4. The predicted molar refractivity (Wildman–Crippen MR) is 136 cm³/mol. The van der Waals surface area contributed by atoms with Gasteiger partial charge < -0.3 is 9.84 Å². The largest absolute Gasteiger partial charge is 0.507 e. The molecule has 31 heavy (non-hydrogen) atoms. The van der Waals surface area contributed by atoms with Gasteiger partial charge in [0, 0.05) is 5.56 Å². The van der Waals surface area contributed by atoms with E-state index in [1.165, 1.54) is 16.7 Å². The molecular formula is C28H41O2P. The third kappa shape index (κ3) is 5.11. The molecule has 1 N–H and O–H groups in total. The summed E-state index contributed by atoms with van der Waals surface area (Å²) in [5.74, 6) is 1.37. The van der Waals surface area contributed by atoms with Gasteiger partial charge in [-0.1, -0.05) is 71.7 Å². The topological polar surface area (TPSA) is 29.5 Å². The molecule has 0 spiro atoms. The fourth-order valence-electron chi connectivity index (χ4n) is 4.76. The summed E-state index contributed by atoms with van der Waals surface area (Å²) in [5, 5.41) is 11.1. The molecule has 0 saturated heterocycles. The van der Waals surface area contributed by atoms with Crippen molar-refractivity contribution < 1.29 is 9.84 Å². The number of aryl methyl sites for hydroxylation is 2. The van der Waals surface area contributed by atoms with E-state index in [2.05, 4.69) is 95.0 Å². The van der Waals surface area contributed by atoms with Gasteiger partial charge in [0.05, 0.1) is 5.16 Å². The summed E-state index contributed by atoms with van der Waals surface area (Å²) in [4.78, 5) is 0. The molecule has 0 aromatic heterocycles. The van der Waals surface area contributed by atoms with Crippen LogP contribution in [0.1, 0.15) is 95.0 Å². The van der Waals surface area contributed by atoms with Gasteiger partial charge in [-0.05, 0) is 72.8 Å². The number of phenols is 1. The molecule has 1 fully saturated rings. The van der Waals surface area contributed by atoms with Gasteiger partial charge in [0.15, 0.2) is 0 Å². The molecule has 1 aliphatic rings. The van der Waals surface area contributed by atoms with E-state index >= 15 is 0 Å². The second-order valence-corrected chi connectivity index (χ2v) is 12.7. The van der Waals surface area contributed by atoms with Gasteiger partial charge in [-0.3, -0.25) is 0 Å². The number of rotatable bonds is 3. The van der Waals surface area contributed by atoms with E-state index in [4.69, 9.17) is 4.74 Å². The van der Waals surface area contributed by atoms with Crippen LogP contribution in [-0.2, 0) is 16.0 Å². The molecule has 0 aliphatic heterocycles. The highest BCUT2D eigenvalue weighted by molar-refractivity contribution is 7.18. The Hall–Kier alpha value is -1.53. The van der Waals surface area contributed by atoms with Crippen LogP contribution in [0.4, 0.5) is 0 Å². The van der Waals surface area contributed by atoms with Crippen LogP contribution < -0.4 is 4.74 Å². The lowest BCUT2D eigenvalue weighted by molar-refractivity contribution is 0.110. The average Bonchev–Trinajstić information content (AvgIpc) is 2.63. The molecule has 1 saturated carbocycles. The van der Waals surface area contributed by atoms with Gasteiger partial charge in [-0.25, -0.2) is 0 Å².